The molecule has 4 nitrogen and oxygen atoms in total. The Hall–Kier alpha value is -1.39. The lowest BCUT2D eigenvalue weighted by Gasteiger charge is -2.39. The molecule has 0 spiro atoms. The number of benzene rings is 1. The van der Waals surface area contributed by atoms with Gasteiger partial charge in [-0.2, -0.15) is 0 Å². The van der Waals surface area contributed by atoms with Gasteiger partial charge in [0.25, 0.3) is 0 Å². The van der Waals surface area contributed by atoms with Crippen molar-refractivity contribution in [3.05, 3.63) is 35.9 Å². The van der Waals surface area contributed by atoms with Crippen molar-refractivity contribution in [3.63, 3.8) is 0 Å². The van der Waals surface area contributed by atoms with Gasteiger partial charge in [0.15, 0.2) is 0 Å². The molecule has 0 bridgehead atoms. The van der Waals surface area contributed by atoms with Crippen LogP contribution in [0.15, 0.2) is 30.3 Å². The first-order valence-corrected chi connectivity index (χ1v) is 8.20. The summed E-state index contributed by atoms with van der Waals surface area (Å²) in [5.74, 6) is -0.727. The average molecular weight is 305 g/mol. The summed E-state index contributed by atoms with van der Waals surface area (Å²) in [6.45, 7) is 4.12. The van der Waals surface area contributed by atoms with Gasteiger partial charge in [-0.3, -0.25) is 4.79 Å². The van der Waals surface area contributed by atoms with Crippen LogP contribution in [0.1, 0.15) is 45.1 Å². The van der Waals surface area contributed by atoms with Crippen molar-refractivity contribution in [1.29, 1.82) is 0 Å². The van der Waals surface area contributed by atoms with E-state index in [9.17, 15) is 4.79 Å². The van der Waals surface area contributed by atoms with Crippen molar-refractivity contribution in [3.8, 4) is 0 Å². The van der Waals surface area contributed by atoms with Gasteiger partial charge in [-0.25, -0.2) is 0 Å². The Balaban J connectivity index is 1.82. The quantitative estimate of drug-likeness (QED) is 0.736. The zero-order chi connectivity index (χ0) is 15.9. The Morgan fingerprint density at radius 3 is 2.59 bits per heavy atom. The van der Waals surface area contributed by atoms with E-state index < -0.39 is 5.97 Å². The fourth-order valence-corrected chi connectivity index (χ4v) is 2.97. The van der Waals surface area contributed by atoms with E-state index >= 15 is 0 Å². The van der Waals surface area contributed by atoms with Gasteiger partial charge in [-0.15, -0.1) is 0 Å². The molecule has 0 radical (unpaired) electrons. The normalized spacial score (nSPS) is 22.3. The van der Waals surface area contributed by atoms with Gasteiger partial charge in [0, 0.05) is 18.5 Å². The molecule has 1 aromatic rings. The molecule has 4 heteroatoms. The van der Waals surface area contributed by atoms with Gasteiger partial charge in [0.05, 0.1) is 12.2 Å². The van der Waals surface area contributed by atoms with E-state index in [1.165, 1.54) is 5.56 Å². The Bertz CT molecular complexity index is 455. The molecular formula is C18H27NO3. The molecule has 0 aromatic heterocycles. The predicted molar refractivity (Wildman–Crippen MR) is 87.0 cm³/mol. The fourth-order valence-electron chi connectivity index (χ4n) is 2.97. The third-order valence-corrected chi connectivity index (χ3v) is 4.06. The zero-order valence-electron chi connectivity index (χ0n) is 13.5. The average Bonchev–Trinajstić information content (AvgIpc) is 2.43. The van der Waals surface area contributed by atoms with Gasteiger partial charge < -0.3 is 15.2 Å². The number of rotatable bonds is 9. The largest absolute Gasteiger partial charge is 0.481 e. The Labute approximate surface area is 132 Å². The van der Waals surface area contributed by atoms with Gasteiger partial charge in [-0.1, -0.05) is 30.3 Å². The highest BCUT2D eigenvalue weighted by Crippen LogP contribution is 2.25. The van der Waals surface area contributed by atoms with Crippen molar-refractivity contribution in [1.82, 2.24) is 5.32 Å². The standard InChI is InChI=1S/C18H27NO3/c1-13(2)22-17-11-16(12-17)19-15(8-9-18(20)21)10-14-6-4-3-5-7-14/h3-7,13,15-17,19H,8-12H2,1-2H3,(H,20,21). The third kappa shape index (κ3) is 5.78. The van der Waals surface area contributed by atoms with Crippen LogP contribution in [0, 0.1) is 0 Å². The van der Waals surface area contributed by atoms with Crippen molar-refractivity contribution < 1.29 is 14.6 Å². The highest BCUT2D eigenvalue weighted by molar-refractivity contribution is 5.66. The Kier molecular flexibility index (Phi) is 6.40. The van der Waals surface area contributed by atoms with Gasteiger partial charge in [0.1, 0.15) is 0 Å². The third-order valence-electron chi connectivity index (χ3n) is 4.06. The van der Waals surface area contributed by atoms with E-state index in [1.54, 1.807) is 0 Å². The molecule has 0 aliphatic heterocycles. The zero-order valence-corrected chi connectivity index (χ0v) is 13.5. The number of carboxylic acid groups (broad SMARTS) is 1. The maximum Gasteiger partial charge on any atom is 0.303 e. The van der Waals surface area contributed by atoms with Crippen LogP contribution < -0.4 is 5.32 Å². The van der Waals surface area contributed by atoms with E-state index in [4.69, 9.17) is 9.84 Å². The molecule has 2 N–H and O–H groups in total. The summed E-state index contributed by atoms with van der Waals surface area (Å²) in [6.07, 6.45) is 4.43. The van der Waals surface area contributed by atoms with E-state index in [1.807, 2.05) is 18.2 Å². The molecular weight excluding hydrogens is 278 g/mol. The number of carbonyl (C=O) groups is 1. The summed E-state index contributed by atoms with van der Waals surface area (Å²) in [5, 5.41) is 12.5. The summed E-state index contributed by atoms with van der Waals surface area (Å²) in [7, 11) is 0. The minimum Gasteiger partial charge on any atom is -0.481 e. The Morgan fingerprint density at radius 2 is 2.00 bits per heavy atom. The smallest absolute Gasteiger partial charge is 0.303 e. The second kappa shape index (κ2) is 8.30. The van der Waals surface area contributed by atoms with Crippen LogP contribution in [0.3, 0.4) is 0 Å². The van der Waals surface area contributed by atoms with Crippen molar-refractivity contribution >= 4 is 5.97 Å². The summed E-state index contributed by atoms with van der Waals surface area (Å²) in [5.41, 5.74) is 1.25. The monoisotopic (exact) mass is 305 g/mol. The molecule has 1 aliphatic rings. The predicted octanol–water partition coefficient (Wildman–Crippen LogP) is 3.01. The number of nitrogens with one attached hydrogen (secondary N) is 1. The minimum absolute atomic E-state index is 0.211. The van der Waals surface area contributed by atoms with Gasteiger partial charge >= 0.3 is 5.97 Å². The van der Waals surface area contributed by atoms with Gasteiger partial charge in [-0.05, 0) is 45.1 Å². The molecule has 1 fully saturated rings. The van der Waals surface area contributed by atoms with Crippen LogP contribution in [0.25, 0.3) is 0 Å². The molecule has 0 saturated heterocycles. The highest BCUT2D eigenvalue weighted by Gasteiger charge is 2.31. The highest BCUT2D eigenvalue weighted by atomic mass is 16.5. The topological polar surface area (TPSA) is 58.6 Å². The van der Waals surface area contributed by atoms with E-state index in [0.717, 1.165) is 19.3 Å². The van der Waals surface area contributed by atoms with Crippen LogP contribution in [0.4, 0.5) is 0 Å². The number of hydrogen-bond acceptors (Lipinski definition) is 3. The summed E-state index contributed by atoms with van der Waals surface area (Å²) < 4.78 is 5.78. The van der Waals surface area contributed by atoms with E-state index in [2.05, 4.69) is 31.3 Å². The number of ether oxygens (including phenoxy) is 1. The van der Waals surface area contributed by atoms with Crippen LogP contribution >= 0.6 is 0 Å². The van der Waals surface area contributed by atoms with Crippen molar-refractivity contribution in [2.45, 2.75) is 70.2 Å². The molecule has 122 valence electrons. The minimum atomic E-state index is -0.727. The number of hydrogen-bond donors (Lipinski definition) is 2. The number of aliphatic carboxylic acids is 1. The van der Waals surface area contributed by atoms with E-state index in [-0.39, 0.29) is 18.6 Å². The van der Waals surface area contributed by atoms with Gasteiger partial charge in [0.2, 0.25) is 0 Å². The molecule has 2 rings (SSSR count). The van der Waals surface area contributed by atoms with Crippen LogP contribution in [0.2, 0.25) is 0 Å². The molecule has 1 aliphatic carbocycles. The molecule has 1 aromatic carbocycles. The second-order valence-corrected chi connectivity index (χ2v) is 6.46. The fraction of sp³-hybridized carbons (Fsp3) is 0.611. The van der Waals surface area contributed by atoms with Crippen molar-refractivity contribution in [2.24, 2.45) is 0 Å². The van der Waals surface area contributed by atoms with Crippen LogP contribution in [-0.2, 0) is 16.0 Å². The maximum atomic E-state index is 10.9. The summed E-state index contributed by atoms with van der Waals surface area (Å²) in [4.78, 5) is 10.9. The number of carboxylic acids is 1. The van der Waals surface area contributed by atoms with Crippen molar-refractivity contribution in [2.75, 3.05) is 0 Å². The Morgan fingerprint density at radius 1 is 1.32 bits per heavy atom. The molecule has 1 unspecified atom stereocenters. The molecule has 22 heavy (non-hydrogen) atoms. The summed E-state index contributed by atoms with van der Waals surface area (Å²) >= 11 is 0. The second-order valence-electron chi connectivity index (χ2n) is 6.46. The SMILES string of the molecule is CC(C)OC1CC(NC(CCC(=O)O)Cc2ccccc2)C1. The molecule has 1 saturated carbocycles. The van der Waals surface area contributed by atoms with Crippen LogP contribution in [0.5, 0.6) is 0 Å². The summed E-state index contributed by atoms with van der Waals surface area (Å²) in [6, 6.07) is 10.9. The lowest BCUT2D eigenvalue weighted by molar-refractivity contribution is -0.137. The van der Waals surface area contributed by atoms with E-state index in [0.29, 0.717) is 18.6 Å². The molecule has 1 atom stereocenters. The van der Waals surface area contributed by atoms with Crippen LogP contribution in [-0.4, -0.2) is 35.4 Å². The maximum absolute atomic E-state index is 10.9. The first-order chi connectivity index (χ1) is 10.5. The first-order valence-electron chi connectivity index (χ1n) is 8.20. The first kappa shape index (κ1) is 17.0. The molecule has 0 heterocycles. The lowest BCUT2D eigenvalue weighted by atomic mass is 9.87. The molecule has 0 amide bonds. The lowest BCUT2D eigenvalue weighted by Crippen LogP contribution is -2.50.